The predicted octanol–water partition coefficient (Wildman–Crippen LogP) is 1.65. The molecule has 0 fully saturated rings. The summed E-state index contributed by atoms with van der Waals surface area (Å²) in [6.07, 6.45) is -0.907. The van der Waals surface area contributed by atoms with Crippen LogP contribution in [-0.2, 0) is 5.21 Å². The Morgan fingerprint density at radius 2 is 1.89 bits per heavy atom. The van der Waals surface area contributed by atoms with Gasteiger partial charge in [-0.3, -0.25) is 5.41 Å². The van der Waals surface area contributed by atoms with E-state index < -0.39 is 28.9 Å². The summed E-state index contributed by atoms with van der Waals surface area (Å²) >= 11 is 0. The average Bonchev–Trinajstić information content (AvgIpc) is 3.08. The molecule has 4 radical (unpaired) electrons. The highest BCUT2D eigenvalue weighted by Crippen LogP contribution is 2.29. The summed E-state index contributed by atoms with van der Waals surface area (Å²) in [4.78, 5) is 11.1. The van der Waals surface area contributed by atoms with Gasteiger partial charge in [-0.25, -0.2) is 19.4 Å². The Morgan fingerprint density at radius 3 is 2.54 bits per heavy atom. The van der Waals surface area contributed by atoms with Crippen LogP contribution in [0.3, 0.4) is 0 Å². The van der Waals surface area contributed by atoms with Crippen LogP contribution in [0.15, 0.2) is 47.8 Å². The first kappa shape index (κ1) is 19.6. The van der Waals surface area contributed by atoms with Crippen LogP contribution in [0, 0.1) is 11.2 Å². The van der Waals surface area contributed by atoms with E-state index in [0.29, 0.717) is 0 Å². The molecule has 0 atom stereocenters. The van der Waals surface area contributed by atoms with Crippen molar-refractivity contribution in [2.45, 2.75) is 11.4 Å². The first-order valence-electron chi connectivity index (χ1n) is 7.69. The molecule has 28 heavy (non-hydrogen) atoms. The van der Waals surface area contributed by atoms with Crippen molar-refractivity contribution in [1.82, 2.24) is 14.4 Å². The molecular formula is C16H10B2F4N6. The first-order chi connectivity index (χ1) is 13.0. The van der Waals surface area contributed by atoms with Crippen molar-refractivity contribution in [2.24, 2.45) is 10.7 Å². The van der Waals surface area contributed by atoms with Gasteiger partial charge in [-0.05, 0) is 16.8 Å². The minimum absolute atomic E-state index is 0.116. The zero-order chi connectivity index (χ0) is 20.7. The zero-order valence-corrected chi connectivity index (χ0v) is 14.1. The summed E-state index contributed by atoms with van der Waals surface area (Å²) in [7, 11) is 12.3. The maximum absolute atomic E-state index is 14.2. The SMILES string of the molecule is [B]C([B])(c1ccccc1F)c1nc(C(=N)N=C(N)C(F)(F)F)cn2ccnc12. The van der Waals surface area contributed by atoms with E-state index in [1.165, 1.54) is 41.2 Å². The number of hydrogen-bond donors (Lipinski definition) is 2. The second-order valence-corrected chi connectivity index (χ2v) is 5.83. The van der Waals surface area contributed by atoms with Crippen LogP contribution >= 0.6 is 0 Å². The highest BCUT2D eigenvalue weighted by Gasteiger charge is 2.34. The predicted molar refractivity (Wildman–Crippen MR) is 96.2 cm³/mol. The highest BCUT2D eigenvalue weighted by molar-refractivity contribution is 6.42. The Morgan fingerprint density at radius 1 is 1.21 bits per heavy atom. The van der Waals surface area contributed by atoms with Gasteiger partial charge >= 0.3 is 6.18 Å². The number of alkyl halides is 3. The van der Waals surface area contributed by atoms with Crippen molar-refractivity contribution in [3.05, 3.63) is 65.6 Å². The summed E-state index contributed by atoms with van der Waals surface area (Å²) in [6.45, 7) is 0. The van der Waals surface area contributed by atoms with Crippen molar-refractivity contribution in [3.8, 4) is 0 Å². The van der Waals surface area contributed by atoms with Crippen LogP contribution < -0.4 is 5.73 Å². The van der Waals surface area contributed by atoms with Crippen LogP contribution in [0.2, 0.25) is 0 Å². The van der Waals surface area contributed by atoms with Crippen molar-refractivity contribution < 1.29 is 17.6 Å². The topological polar surface area (TPSA) is 92.4 Å². The molecule has 0 spiro atoms. The van der Waals surface area contributed by atoms with Gasteiger partial charge in [0.05, 0.1) is 21.4 Å². The van der Waals surface area contributed by atoms with E-state index >= 15 is 0 Å². The largest absolute Gasteiger partial charge is 0.449 e. The molecule has 3 rings (SSSR count). The summed E-state index contributed by atoms with van der Waals surface area (Å²) in [5.74, 6) is -3.30. The zero-order valence-electron chi connectivity index (χ0n) is 14.1. The molecule has 2 aromatic heterocycles. The number of benzene rings is 1. The molecule has 2 heterocycles. The van der Waals surface area contributed by atoms with E-state index in [2.05, 4.69) is 15.0 Å². The lowest BCUT2D eigenvalue weighted by Gasteiger charge is -2.27. The number of nitrogens with one attached hydrogen (secondary N) is 1. The summed E-state index contributed by atoms with van der Waals surface area (Å²) in [5, 5.41) is 5.80. The number of aromatic nitrogens is 3. The molecular weight excluding hydrogens is 374 g/mol. The van der Waals surface area contributed by atoms with E-state index in [4.69, 9.17) is 26.8 Å². The molecule has 3 aromatic rings. The van der Waals surface area contributed by atoms with Gasteiger partial charge in [0.25, 0.3) is 0 Å². The Hall–Kier alpha value is -3.17. The fourth-order valence-corrected chi connectivity index (χ4v) is 2.49. The number of fused-ring (bicyclic) bond motifs is 1. The lowest BCUT2D eigenvalue weighted by atomic mass is 9.49. The lowest BCUT2D eigenvalue weighted by Crippen LogP contribution is -2.33. The summed E-state index contributed by atoms with van der Waals surface area (Å²) in [6, 6.07) is 5.44. The van der Waals surface area contributed by atoms with Crippen molar-refractivity contribution in [3.63, 3.8) is 0 Å². The molecule has 0 saturated heterocycles. The lowest BCUT2D eigenvalue weighted by molar-refractivity contribution is -0.0597. The standard InChI is InChI=1S/C16H10B2F4N6/c17-15(18,8-3-1-2-4-9(8)19)11-13-25-5-6-28(13)7-10(26-11)12(23)27-14(24)16(20,21)22/h1-7H,(H3,23,24,27). The third kappa shape index (κ3) is 3.49. The van der Waals surface area contributed by atoms with E-state index in [-0.39, 0.29) is 22.6 Å². The number of nitrogens with zero attached hydrogens (tertiary/aromatic N) is 4. The number of halogens is 4. The Kier molecular flexibility index (Phi) is 4.74. The van der Waals surface area contributed by atoms with E-state index in [1.807, 2.05) is 0 Å². The van der Waals surface area contributed by atoms with Crippen LogP contribution in [0.25, 0.3) is 5.65 Å². The quantitative estimate of drug-likeness (QED) is 0.312. The normalized spacial score (nSPS) is 13.1. The Bertz CT molecular complexity index is 1090. The Labute approximate surface area is 158 Å². The molecule has 0 aliphatic heterocycles. The van der Waals surface area contributed by atoms with Crippen LogP contribution in [0.4, 0.5) is 17.6 Å². The molecule has 0 amide bonds. The molecule has 0 bridgehead atoms. The van der Waals surface area contributed by atoms with Gasteiger partial charge in [0.2, 0.25) is 5.84 Å². The fourth-order valence-electron chi connectivity index (χ4n) is 2.49. The second kappa shape index (κ2) is 6.77. The molecule has 0 aliphatic rings. The number of nitrogens with two attached hydrogens (primary N) is 1. The molecule has 0 aliphatic carbocycles. The monoisotopic (exact) mass is 384 g/mol. The van der Waals surface area contributed by atoms with Crippen molar-refractivity contribution in [2.75, 3.05) is 0 Å². The van der Waals surface area contributed by atoms with Gasteiger partial charge in [0.1, 0.15) is 11.5 Å². The van der Waals surface area contributed by atoms with Gasteiger partial charge < -0.3 is 10.1 Å². The number of rotatable bonds is 3. The van der Waals surface area contributed by atoms with Crippen molar-refractivity contribution in [1.29, 1.82) is 5.41 Å². The minimum Gasteiger partial charge on any atom is -0.380 e. The fraction of sp³-hybridized carbons (Fsp3) is 0.125. The van der Waals surface area contributed by atoms with Crippen molar-refractivity contribution >= 4 is 33.0 Å². The van der Waals surface area contributed by atoms with Gasteiger partial charge in [-0.15, -0.1) is 0 Å². The summed E-state index contributed by atoms with van der Waals surface area (Å²) < 4.78 is 53.4. The molecule has 138 valence electrons. The maximum Gasteiger partial charge on any atom is 0.449 e. The Balaban J connectivity index is 2.18. The van der Waals surface area contributed by atoms with Gasteiger partial charge in [-0.2, -0.15) is 13.2 Å². The van der Waals surface area contributed by atoms with Gasteiger partial charge in [-0.1, -0.05) is 18.2 Å². The first-order valence-corrected chi connectivity index (χ1v) is 7.69. The maximum atomic E-state index is 14.2. The molecule has 12 heteroatoms. The molecule has 0 saturated carbocycles. The number of aliphatic imine (C=N–C) groups is 1. The van der Waals surface area contributed by atoms with Crippen LogP contribution in [-0.4, -0.2) is 47.9 Å². The molecule has 3 N–H and O–H groups in total. The smallest absolute Gasteiger partial charge is 0.380 e. The number of hydrogen-bond acceptors (Lipinski definition) is 3. The van der Waals surface area contributed by atoms with E-state index in [9.17, 15) is 17.6 Å². The molecule has 1 aromatic carbocycles. The second-order valence-electron chi connectivity index (χ2n) is 5.83. The molecule has 6 nitrogen and oxygen atoms in total. The van der Waals surface area contributed by atoms with Gasteiger partial charge in [0.15, 0.2) is 11.5 Å². The highest BCUT2D eigenvalue weighted by atomic mass is 19.4. The third-order valence-electron chi connectivity index (χ3n) is 3.85. The van der Waals surface area contributed by atoms with Crippen LogP contribution in [0.1, 0.15) is 17.0 Å². The number of amidine groups is 2. The number of imidazole rings is 1. The van der Waals surface area contributed by atoms with E-state index in [1.54, 1.807) is 0 Å². The van der Waals surface area contributed by atoms with Gasteiger partial charge in [0, 0.05) is 18.6 Å². The van der Waals surface area contributed by atoms with E-state index in [0.717, 1.165) is 6.07 Å². The third-order valence-corrected chi connectivity index (χ3v) is 3.85. The van der Waals surface area contributed by atoms with Crippen LogP contribution in [0.5, 0.6) is 0 Å². The summed E-state index contributed by atoms with van der Waals surface area (Å²) in [5.41, 5.74) is 4.40. The molecule has 0 unspecified atom stereocenters. The average molecular weight is 384 g/mol. The minimum atomic E-state index is -4.91.